The van der Waals surface area contributed by atoms with Crippen molar-refractivity contribution in [3.05, 3.63) is 23.9 Å². The Hall–Kier alpha value is -1.30. The molecule has 0 aliphatic carbocycles. The van der Waals surface area contributed by atoms with Crippen molar-refractivity contribution in [2.24, 2.45) is 4.99 Å². The van der Waals surface area contributed by atoms with Gasteiger partial charge in [-0.15, -0.1) is 24.0 Å². The lowest BCUT2D eigenvalue weighted by molar-refractivity contribution is -0.154. The third-order valence-electron chi connectivity index (χ3n) is 3.16. The second kappa shape index (κ2) is 14.7. The summed E-state index contributed by atoms with van der Waals surface area (Å²) in [6, 6.07) is 3.15. The summed E-state index contributed by atoms with van der Waals surface area (Å²) in [6.45, 7) is 5.80. The molecule has 1 rings (SSSR count). The highest BCUT2D eigenvalue weighted by molar-refractivity contribution is 14.0. The number of rotatable bonds is 11. The lowest BCUT2D eigenvalue weighted by atomic mass is 10.3. The van der Waals surface area contributed by atoms with Gasteiger partial charge in [0.25, 0.3) is 0 Å². The molecule has 0 atom stereocenters. The van der Waals surface area contributed by atoms with Crippen molar-refractivity contribution in [2.45, 2.75) is 39.4 Å². The van der Waals surface area contributed by atoms with Gasteiger partial charge in [0.1, 0.15) is 0 Å². The Labute approximate surface area is 175 Å². The third-order valence-corrected chi connectivity index (χ3v) is 3.16. The smallest absolute Gasteiger partial charge is 0.422 e. The van der Waals surface area contributed by atoms with E-state index in [1.54, 1.807) is 6.07 Å². The van der Waals surface area contributed by atoms with Crippen molar-refractivity contribution in [1.29, 1.82) is 0 Å². The summed E-state index contributed by atoms with van der Waals surface area (Å²) in [7, 11) is 0. The molecule has 0 bridgehead atoms. The lowest BCUT2D eigenvalue weighted by Gasteiger charge is -2.12. The number of aromatic nitrogens is 1. The Balaban J connectivity index is 0.00000676. The monoisotopic (exact) mass is 504 g/mol. The molecule has 1 aromatic heterocycles. The summed E-state index contributed by atoms with van der Waals surface area (Å²) in [4.78, 5) is 8.20. The van der Waals surface area contributed by atoms with Gasteiger partial charge in [0.05, 0.1) is 6.54 Å². The van der Waals surface area contributed by atoms with E-state index in [0.29, 0.717) is 24.6 Å². The Bertz CT molecular complexity index is 545. The Morgan fingerprint density at radius 2 is 2.00 bits per heavy atom. The van der Waals surface area contributed by atoms with Crippen LogP contribution in [0.25, 0.3) is 0 Å². The van der Waals surface area contributed by atoms with Crippen molar-refractivity contribution >= 4 is 29.9 Å². The van der Waals surface area contributed by atoms with E-state index in [1.165, 1.54) is 12.3 Å². The Morgan fingerprint density at radius 1 is 1.22 bits per heavy atom. The summed E-state index contributed by atoms with van der Waals surface area (Å²) in [5.41, 5.74) is 0.714. The second-order valence-electron chi connectivity index (χ2n) is 5.43. The molecule has 0 spiro atoms. The van der Waals surface area contributed by atoms with Gasteiger partial charge in [0, 0.05) is 38.6 Å². The topological polar surface area (TPSA) is 67.8 Å². The van der Waals surface area contributed by atoms with E-state index in [4.69, 9.17) is 4.74 Å². The molecule has 27 heavy (non-hydrogen) atoms. The molecular formula is C17H28F3IN4O2. The van der Waals surface area contributed by atoms with Crippen LogP contribution >= 0.6 is 24.0 Å². The fourth-order valence-electron chi connectivity index (χ4n) is 1.98. The largest absolute Gasteiger partial charge is 0.468 e. The van der Waals surface area contributed by atoms with Crippen molar-refractivity contribution in [1.82, 2.24) is 15.6 Å². The maximum absolute atomic E-state index is 12.2. The number of alkyl halides is 3. The van der Waals surface area contributed by atoms with Gasteiger partial charge < -0.3 is 20.1 Å². The standard InChI is InChI=1S/C17H27F3N4O2.HI/c1-3-21-16(23-8-5-6-10-25-4-2)24-12-14-7-9-22-15(11-14)26-13-17(18,19)20;/h7,9,11H,3-6,8,10,12-13H2,1-2H3,(H2,21,23,24);1H. The predicted molar refractivity (Wildman–Crippen MR) is 110 cm³/mol. The zero-order valence-electron chi connectivity index (χ0n) is 15.6. The van der Waals surface area contributed by atoms with E-state index in [2.05, 4.69) is 25.3 Å². The number of aliphatic imine (C=N–C) groups is 1. The molecule has 0 amide bonds. The van der Waals surface area contributed by atoms with Crippen LogP contribution in [0.15, 0.2) is 23.3 Å². The molecule has 2 N–H and O–H groups in total. The van der Waals surface area contributed by atoms with Crippen LogP contribution in [0.5, 0.6) is 5.88 Å². The maximum Gasteiger partial charge on any atom is 0.422 e. The fraction of sp³-hybridized carbons (Fsp3) is 0.647. The number of unbranched alkanes of at least 4 members (excludes halogenated alkanes) is 1. The zero-order valence-corrected chi connectivity index (χ0v) is 18.0. The summed E-state index contributed by atoms with van der Waals surface area (Å²) in [6.07, 6.45) is -1.07. The van der Waals surface area contributed by atoms with E-state index in [-0.39, 0.29) is 29.9 Å². The van der Waals surface area contributed by atoms with Crippen LogP contribution in [0.3, 0.4) is 0 Å². The first-order valence-corrected chi connectivity index (χ1v) is 8.69. The van der Waals surface area contributed by atoms with E-state index in [0.717, 1.165) is 32.6 Å². The normalized spacial score (nSPS) is 11.7. The van der Waals surface area contributed by atoms with E-state index in [9.17, 15) is 13.2 Å². The molecule has 10 heteroatoms. The van der Waals surface area contributed by atoms with Crippen LogP contribution in [0, 0.1) is 0 Å². The number of pyridine rings is 1. The van der Waals surface area contributed by atoms with Crippen LogP contribution in [-0.2, 0) is 11.3 Å². The van der Waals surface area contributed by atoms with Crippen LogP contribution in [0.2, 0.25) is 0 Å². The summed E-state index contributed by atoms with van der Waals surface area (Å²) in [5.74, 6) is 0.586. The third kappa shape index (κ3) is 13.5. The van der Waals surface area contributed by atoms with Crippen molar-refractivity contribution < 1.29 is 22.6 Å². The van der Waals surface area contributed by atoms with Gasteiger partial charge in [-0.3, -0.25) is 0 Å². The molecule has 0 saturated carbocycles. The minimum Gasteiger partial charge on any atom is -0.468 e. The van der Waals surface area contributed by atoms with E-state index >= 15 is 0 Å². The van der Waals surface area contributed by atoms with Gasteiger partial charge >= 0.3 is 6.18 Å². The molecular weight excluding hydrogens is 476 g/mol. The average molecular weight is 504 g/mol. The number of nitrogens with one attached hydrogen (secondary N) is 2. The highest BCUT2D eigenvalue weighted by atomic mass is 127. The Morgan fingerprint density at radius 3 is 2.67 bits per heavy atom. The van der Waals surface area contributed by atoms with Crippen LogP contribution in [0.1, 0.15) is 32.3 Å². The number of hydrogen-bond donors (Lipinski definition) is 2. The zero-order chi connectivity index (χ0) is 19.3. The lowest BCUT2D eigenvalue weighted by Crippen LogP contribution is -2.37. The fourth-order valence-corrected chi connectivity index (χ4v) is 1.98. The van der Waals surface area contributed by atoms with Crippen LogP contribution in [-0.4, -0.2) is 50.0 Å². The summed E-state index contributed by atoms with van der Waals surface area (Å²) in [5, 5.41) is 6.34. The van der Waals surface area contributed by atoms with Gasteiger partial charge in [0.15, 0.2) is 12.6 Å². The number of hydrogen-bond acceptors (Lipinski definition) is 4. The first-order chi connectivity index (χ1) is 12.4. The maximum atomic E-state index is 12.2. The molecule has 0 aliphatic heterocycles. The molecule has 0 unspecified atom stereocenters. The molecule has 0 fully saturated rings. The molecule has 0 aliphatic rings. The minimum atomic E-state index is -4.39. The number of halogens is 4. The molecule has 6 nitrogen and oxygen atoms in total. The van der Waals surface area contributed by atoms with Gasteiger partial charge in [-0.1, -0.05) is 0 Å². The van der Waals surface area contributed by atoms with Gasteiger partial charge in [-0.2, -0.15) is 13.2 Å². The van der Waals surface area contributed by atoms with Crippen LogP contribution in [0.4, 0.5) is 13.2 Å². The predicted octanol–water partition coefficient (Wildman–Crippen LogP) is 3.51. The Kier molecular flexibility index (Phi) is 14.0. The first kappa shape index (κ1) is 25.7. The van der Waals surface area contributed by atoms with Gasteiger partial charge in [-0.05, 0) is 38.3 Å². The number of guanidine groups is 1. The van der Waals surface area contributed by atoms with Crippen LogP contribution < -0.4 is 15.4 Å². The molecule has 0 radical (unpaired) electrons. The summed E-state index contributed by atoms with van der Waals surface area (Å²) < 4.78 is 46.5. The molecule has 1 aromatic rings. The molecule has 0 aromatic carbocycles. The molecule has 1 heterocycles. The van der Waals surface area contributed by atoms with E-state index in [1.807, 2.05) is 13.8 Å². The average Bonchev–Trinajstić information content (AvgIpc) is 2.60. The highest BCUT2D eigenvalue weighted by Gasteiger charge is 2.28. The van der Waals surface area contributed by atoms with Crippen molar-refractivity contribution in [3.8, 4) is 5.88 Å². The summed E-state index contributed by atoms with van der Waals surface area (Å²) >= 11 is 0. The number of ether oxygens (including phenoxy) is 2. The highest BCUT2D eigenvalue weighted by Crippen LogP contribution is 2.17. The number of nitrogens with zero attached hydrogens (tertiary/aromatic N) is 2. The second-order valence-corrected chi connectivity index (χ2v) is 5.43. The minimum absolute atomic E-state index is 0. The van der Waals surface area contributed by atoms with Gasteiger partial charge in [-0.25, -0.2) is 9.98 Å². The molecule has 0 saturated heterocycles. The van der Waals surface area contributed by atoms with E-state index < -0.39 is 12.8 Å². The quantitative estimate of drug-likeness (QED) is 0.209. The van der Waals surface area contributed by atoms with Crippen molar-refractivity contribution in [2.75, 3.05) is 32.9 Å². The van der Waals surface area contributed by atoms with Gasteiger partial charge in [0.2, 0.25) is 5.88 Å². The first-order valence-electron chi connectivity index (χ1n) is 8.69. The van der Waals surface area contributed by atoms with Crippen molar-refractivity contribution in [3.63, 3.8) is 0 Å². The SMILES string of the molecule is CCNC(=NCc1ccnc(OCC(F)(F)F)c1)NCCCCOCC.I. The molecule has 156 valence electrons.